The predicted molar refractivity (Wildman–Crippen MR) is 143 cm³/mol. The summed E-state index contributed by atoms with van der Waals surface area (Å²) in [6, 6.07) is 3.98. The smallest absolute Gasteiger partial charge is 0.191 e. The maximum atomic E-state index is 14.6. The van der Waals surface area contributed by atoms with Gasteiger partial charge in [0, 0.05) is 22.3 Å². The van der Waals surface area contributed by atoms with Crippen LogP contribution in [0.5, 0.6) is 0 Å². The van der Waals surface area contributed by atoms with Gasteiger partial charge >= 0.3 is 0 Å². The summed E-state index contributed by atoms with van der Waals surface area (Å²) < 4.78 is 0. The maximum absolute atomic E-state index is 14.6. The number of Topliss-reactive ketones (excluding diaryl/α,β-unsaturated/α-hetero) is 5. The number of carbonyl (C=O) groups excluding carboxylic acids is 5. The summed E-state index contributed by atoms with van der Waals surface area (Å²) in [7, 11) is 0. The van der Waals surface area contributed by atoms with Crippen molar-refractivity contribution in [3.8, 4) is 0 Å². The van der Waals surface area contributed by atoms with E-state index in [4.69, 9.17) is 0 Å². The molecule has 0 radical (unpaired) electrons. The summed E-state index contributed by atoms with van der Waals surface area (Å²) in [5.74, 6) is -9.60. The molecule has 39 heavy (non-hydrogen) atoms. The molecule has 8 atom stereocenters. The minimum atomic E-state index is -2.86. The molecule has 4 aliphatic rings. The summed E-state index contributed by atoms with van der Waals surface area (Å²) in [4.78, 5) is 69.1. The zero-order chi connectivity index (χ0) is 29.2. The number of rotatable bonds is 2. The number of benzene rings is 1. The van der Waals surface area contributed by atoms with Gasteiger partial charge in [0.25, 0.3) is 0 Å². The Morgan fingerprint density at radius 2 is 1.64 bits per heavy atom. The average Bonchev–Trinajstić information content (AvgIpc) is 2.83. The minimum absolute atomic E-state index is 0.154. The van der Waals surface area contributed by atoms with Gasteiger partial charge in [-0.25, -0.2) is 0 Å². The second-order valence-electron chi connectivity index (χ2n) is 14.0. The molecule has 0 spiro atoms. The highest BCUT2D eigenvalue weighted by atomic mass is 16.3. The van der Waals surface area contributed by atoms with Crippen LogP contribution in [0, 0.1) is 34.5 Å². The molecule has 7 heteroatoms. The van der Waals surface area contributed by atoms with Crippen molar-refractivity contribution in [2.24, 2.45) is 34.5 Å². The molecule has 2 fully saturated rings. The lowest BCUT2D eigenvalue weighted by atomic mass is 9.37. The molecular weight excluding hydrogens is 496 g/mol. The van der Waals surface area contributed by atoms with Crippen molar-refractivity contribution in [2.45, 2.75) is 97.7 Å². The van der Waals surface area contributed by atoms with Crippen molar-refractivity contribution in [1.82, 2.24) is 0 Å². The third-order valence-corrected chi connectivity index (χ3v) is 11.3. The monoisotopic (exact) mass is 536 g/mol. The van der Waals surface area contributed by atoms with E-state index in [-0.39, 0.29) is 5.41 Å². The number of ketones is 5. The van der Waals surface area contributed by atoms with Gasteiger partial charge in [-0.15, -0.1) is 0 Å². The molecule has 0 amide bonds. The van der Waals surface area contributed by atoms with Crippen LogP contribution in [0.2, 0.25) is 0 Å². The Kier molecular flexibility index (Phi) is 5.94. The molecule has 2 N–H and O–H groups in total. The quantitative estimate of drug-likeness (QED) is 0.554. The first-order valence-electron chi connectivity index (χ1n) is 14.1. The van der Waals surface area contributed by atoms with E-state index in [1.165, 1.54) is 6.92 Å². The molecule has 0 aliphatic heterocycles. The Bertz CT molecular complexity index is 1350. The highest BCUT2D eigenvalue weighted by Gasteiger charge is 2.80. The molecule has 0 aromatic heterocycles. The molecule has 1 aromatic rings. The number of hydrogen-bond donors (Lipinski definition) is 2. The van der Waals surface area contributed by atoms with Crippen LogP contribution in [0.1, 0.15) is 101 Å². The van der Waals surface area contributed by atoms with E-state index in [0.717, 1.165) is 36.5 Å². The zero-order valence-electron chi connectivity index (χ0n) is 24.2. The van der Waals surface area contributed by atoms with Gasteiger partial charge in [0.05, 0.1) is 12.0 Å². The molecule has 0 heterocycles. The number of fused-ring (bicyclic) bond motifs is 5. The van der Waals surface area contributed by atoms with Gasteiger partial charge in [0.2, 0.25) is 0 Å². The minimum Gasteiger partial charge on any atom is -0.392 e. The molecule has 4 aliphatic carbocycles. The maximum Gasteiger partial charge on any atom is 0.191 e. The van der Waals surface area contributed by atoms with Crippen LogP contribution < -0.4 is 0 Å². The number of hydrogen-bond acceptors (Lipinski definition) is 7. The van der Waals surface area contributed by atoms with E-state index < -0.39 is 81.0 Å². The molecule has 7 nitrogen and oxygen atoms in total. The molecule has 2 saturated carbocycles. The summed E-state index contributed by atoms with van der Waals surface area (Å²) >= 11 is 0. The SMILES string of the molecule is CC(=O)C1C(=O)C(C(C)C)[C@@]2(C)[C@H](O)[C@]3(C)C(C(=O)c4c(ccc5c4CCCC5(C)C)[C@H]3C)C(=O)[C@@]2(O)C1=O. The molecule has 0 saturated heterocycles. The average molecular weight is 537 g/mol. The van der Waals surface area contributed by atoms with Gasteiger partial charge in [-0.3, -0.25) is 24.0 Å². The van der Waals surface area contributed by atoms with Gasteiger partial charge in [0.15, 0.2) is 28.7 Å². The second-order valence-corrected chi connectivity index (χ2v) is 14.0. The summed E-state index contributed by atoms with van der Waals surface area (Å²) in [6.45, 7) is 13.7. The number of carbonyl (C=O) groups is 5. The van der Waals surface area contributed by atoms with Crippen LogP contribution in [0.3, 0.4) is 0 Å². The fourth-order valence-electron chi connectivity index (χ4n) is 9.18. The largest absolute Gasteiger partial charge is 0.392 e. The van der Waals surface area contributed by atoms with Gasteiger partial charge < -0.3 is 10.2 Å². The third kappa shape index (κ3) is 3.04. The third-order valence-electron chi connectivity index (χ3n) is 11.3. The first-order valence-corrected chi connectivity index (χ1v) is 14.1. The van der Waals surface area contributed by atoms with E-state index in [9.17, 15) is 34.2 Å². The summed E-state index contributed by atoms with van der Waals surface area (Å²) in [5.41, 5.74) is -3.17. The van der Waals surface area contributed by atoms with Crippen LogP contribution in [-0.2, 0) is 31.0 Å². The first-order chi connectivity index (χ1) is 17.9. The van der Waals surface area contributed by atoms with Gasteiger partial charge in [-0.05, 0) is 60.1 Å². The van der Waals surface area contributed by atoms with E-state index >= 15 is 0 Å². The van der Waals surface area contributed by atoms with Crippen molar-refractivity contribution in [3.63, 3.8) is 0 Å². The zero-order valence-corrected chi connectivity index (χ0v) is 24.2. The molecule has 3 unspecified atom stereocenters. The van der Waals surface area contributed by atoms with Crippen molar-refractivity contribution < 1.29 is 34.2 Å². The summed E-state index contributed by atoms with van der Waals surface area (Å²) in [5, 5.41) is 24.5. The fraction of sp³-hybridized carbons (Fsp3) is 0.656. The number of aliphatic hydroxyl groups is 2. The Morgan fingerprint density at radius 1 is 1.03 bits per heavy atom. The predicted octanol–water partition coefficient (Wildman–Crippen LogP) is 3.53. The molecule has 0 bridgehead atoms. The van der Waals surface area contributed by atoms with Gasteiger partial charge in [0.1, 0.15) is 11.7 Å². The Balaban J connectivity index is 1.81. The Morgan fingerprint density at radius 3 is 2.21 bits per heavy atom. The van der Waals surface area contributed by atoms with Crippen molar-refractivity contribution in [1.29, 1.82) is 0 Å². The second kappa shape index (κ2) is 8.26. The highest BCUT2D eigenvalue weighted by molar-refractivity contribution is 6.32. The van der Waals surface area contributed by atoms with Crippen LogP contribution >= 0.6 is 0 Å². The lowest BCUT2D eigenvalue weighted by Gasteiger charge is -2.65. The van der Waals surface area contributed by atoms with Crippen molar-refractivity contribution in [2.75, 3.05) is 0 Å². The van der Waals surface area contributed by atoms with E-state index in [1.807, 2.05) is 13.0 Å². The van der Waals surface area contributed by atoms with Crippen LogP contribution in [-0.4, -0.2) is 50.8 Å². The Labute approximate surface area is 229 Å². The molecular formula is C32H40O7. The standard InChI is InChI=1S/C32H40O7/c1-14(2)22-24(34)20(16(4)33)26(36)32(39)27(37)23-25(35)21-17(15(3)30(23,7)28(38)31(22,32)8)11-12-19-18(21)10-9-13-29(19,5)6/h11-12,14-15,20,22-23,28,38-39H,9-10,13H2,1-8H3/t15-,20?,22?,23?,28-,30+,31+,32+/m1/s1. The molecule has 5 rings (SSSR count). The van der Waals surface area contributed by atoms with E-state index in [2.05, 4.69) is 19.9 Å². The van der Waals surface area contributed by atoms with Crippen molar-refractivity contribution in [3.05, 3.63) is 34.4 Å². The van der Waals surface area contributed by atoms with Crippen LogP contribution in [0.15, 0.2) is 12.1 Å². The lowest BCUT2D eigenvalue weighted by molar-refractivity contribution is -0.240. The van der Waals surface area contributed by atoms with Crippen LogP contribution in [0.25, 0.3) is 0 Å². The normalized spacial score (nSPS) is 41.1. The van der Waals surface area contributed by atoms with E-state index in [1.54, 1.807) is 20.8 Å². The fourth-order valence-corrected chi connectivity index (χ4v) is 9.18. The van der Waals surface area contributed by atoms with E-state index in [0.29, 0.717) is 12.0 Å². The van der Waals surface area contributed by atoms with Crippen molar-refractivity contribution >= 4 is 28.9 Å². The molecule has 210 valence electrons. The highest BCUT2D eigenvalue weighted by Crippen LogP contribution is 2.66. The van der Waals surface area contributed by atoms with Gasteiger partial charge in [-0.1, -0.05) is 60.6 Å². The topological polar surface area (TPSA) is 126 Å². The van der Waals surface area contributed by atoms with Crippen LogP contribution in [0.4, 0.5) is 0 Å². The summed E-state index contributed by atoms with van der Waals surface area (Å²) in [6.07, 6.45) is 0.962. The molecule has 1 aromatic carbocycles. The Hall–Kier alpha value is -2.51. The first kappa shape index (κ1) is 28.0. The lowest BCUT2D eigenvalue weighted by Crippen LogP contribution is -2.82. The van der Waals surface area contributed by atoms with Gasteiger partial charge in [-0.2, -0.15) is 0 Å². The number of aliphatic hydroxyl groups excluding tert-OH is 1.